The molecule has 0 aliphatic carbocycles. The molecule has 0 unspecified atom stereocenters. The Kier molecular flexibility index (Phi) is 4.65. The highest BCUT2D eigenvalue weighted by atomic mass is 16.6. The predicted octanol–water partition coefficient (Wildman–Crippen LogP) is 2.65. The number of nitrogens with one attached hydrogen (secondary N) is 1. The van der Waals surface area contributed by atoms with Gasteiger partial charge in [0.1, 0.15) is 13.2 Å². The van der Waals surface area contributed by atoms with Gasteiger partial charge < -0.3 is 19.9 Å². The fourth-order valence-electron chi connectivity index (χ4n) is 2.59. The number of ether oxygens (including phenoxy) is 2. The normalized spacial score (nSPS) is 13.8. The molecule has 0 spiro atoms. The first kappa shape index (κ1) is 15.9. The van der Waals surface area contributed by atoms with Crippen LogP contribution in [0.3, 0.4) is 0 Å². The number of carbonyl (C=O) groups is 2. The third-order valence-electron chi connectivity index (χ3n) is 3.73. The summed E-state index contributed by atoms with van der Waals surface area (Å²) in [6.45, 7) is 0.862. The van der Waals surface area contributed by atoms with Crippen LogP contribution in [0.2, 0.25) is 0 Å². The molecule has 1 amide bonds. The highest BCUT2D eigenvalue weighted by molar-refractivity contribution is 5.96. The van der Waals surface area contributed by atoms with Crippen molar-refractivity contribution < 1.29 is 24.2 Å². The van der Waals surface area contributed by atoms with Crippen LogP contribution in [0.5, 0.6) is 11.5 Å². The zero-order valence-electron chi connectivity index (χ0n) is 12.9. The molecule has 1 aliphatic heterocycles. The summed E-state index contributed by atoms with van der Waals surface area (Å²) in [6, 6.07) is 13.9. The zero-order valence-corrected chi connectivity index (χ0v) is 12.9. The van der Waals surface area contributed by atoms with Crippen LogP contribution in [-0.4, -0.2) is 30.2 Å². The molecule has 1 atom stereocenters. The van der Waals surface area contributed by atoms with E-state index >= 15 is 0 Å². The molecule has 6 nitrogen and oxygen atoms in total. The second-order valence-electron chi connectivity index (χ2n) is 5.38. The molecule has 6 heteroatoms. The van der Waals surface area contributed by atoms with E-state index in [0.29, 0.717) is 36.0 Å². The number of benzene rings is 2. The van der Waals surface area contributed by atoms with Gasteiger partial charge in [-0.25, -0.2) is 0 Å². The van der Waals surface area contributed by atoms with Crippen LogP contribution in [0, 0.1) is 0 Å². The highest BCUT2D eigenvalue weighted by Crippen LogP contribution is 2.37. The molecule has 0 aromatic heterocycles. The summed E-state index contributed by atoms with van der Waals surface area (Å²) in [5.41, 5.74) is 1.07. The van der Waals surface area contributed by atoms with Gasteiger partial charge in [0.05, 0.1) is 11.6 Å². The minimum Gasteiger partial charge on any atom is -0.486 e. The summed E-state index contributed by atoms with van der Waals surface area (Å²) < 4.78 is 11.0. The van der Waals surface area contributed by atoms with E-state index in [0.717, 1.165) is 0 Å². The lowest BCUT2D eigenvalue weighted by Crippen LogP contribution is -2.22. The van der Waals surface area contributed by atoms with E-state index in [-0.39, 0.29) is 6.42 Å². The standard InChI is InChI=1S/C18H17NO5/c20-16(11-13(18(21)22)12-5-2-1-3-6-12)19-14-7-4-8-15-17(14)24-10-9-23-15/h1-8,13H,9-11H2,(H,19,20)(H,21,22)/t13-/m0/s1. The minimum absolute atomic E-state index is 0.163. The molecule has 0 fully saturated rings. The molecule has 24 heavy (non-hydrogen) atoms. The number of hydrogen-bond donors (Lipinski definition) is 2. The Balaban J connectivity index is 1.74. The van der Waals surface area contributed by atoms with Crippen LogP contribution < -0.4 is 14.8 Å². The first-order valence-corrected chi connectivity index (χ1v) is 7.61. The molecule has 0 saturated carbocycles. The molecule has 3 rings (SSSR count). The quantitative estimate of drug-likeness (QED) is 0.882. The van der Waals surface area contributed by atoms with E-state index in [1.165, 1.54) is 0 Å². The Labute approximate surface area is 139 Å². The number of amides is 1. The third-order valence-corrected chi connectivity index (χ3v) is 3.73. The SMILES string of the molecule is O=C(C[C@H](C(=O)O)c1ccccc1)Nc1cccc2c1OCCO2. The number of carboxylic acids is 1. The molecule has 2 N–H and O–H groups in total. The Hall–Kier alpha value is -3.02. The summed E-state index contributed by atoms with van der Waals surface area (Å²) in [4.78, 5) is 23.8. The predicted molar refractivity (Wildman–Crippen MR) is 87.5 cm³/mol. The lowest BCUT2D eigenvalue weighted by atomic mass is 9.95. The van der Waals surface area contributed by atoms with Crippen LogP contribution in [-0.2, 0) is 9.59 Å². The molecular formula is C18H17NO5. The lowest BCUT2D eigenvalue weighted by Gasteiger charge is -2.21. The van der Waals surface area contributed by atoms with Crippen LogP contribution in [0.4, 0.5) is 5.69 Å². The number of hydrogen-bond acceptors (Lipinski definition) is 4. The van der Waals surface area contributed by atoms with Gasteiger partial charge in [0, 0.05) is 6.42 Å². The molecule has 2 aromatic carbocycles. The van der Waals surface area contributed by atoms with Gasteiger partial charge >= 0.3 is 5.97 Å². The number of fused-ring (bicyclic) bond motifs is 1. The smallest absolute Gasteiger partial charge is 0.311 e. The number of aliphatic carboxylic acids is 1. The number of rotatable bonds is 5. The molecular weight excluding hydrogens is 310 g/mol. The van der Waals surface area contributed by atoms with E-state index in [1.807, 2.05) is 0 Å². The molecule has 1 aliphatic rings. The van der Waals surface area contributed by atoms with Gasteiger partial charge in [-0.15, -0.1) is 0 Å². The van der Waals surface area contributed by atoms with Crippen molar-refractivity contribution in [2.24, 2.45) is 0 Å². The van der Waals surface area contributed by atoms with Gasteiger partial charge in [0.15, 0.2) is 11.5 Å². The number of carbonyl (C=O) groups excluding carboxylic acids is 1. The van der Waals surface area contributed by atoms with Crippen LogP contribution >= 0.6 is 0 Å². The first-order chi connectivity index (χ1) is 11.6. The van der Waals surface area contributed by atoms with Gasteiger partial charge in [-0.2, -0.15) is 0 Å². The van der Waals surface area contributed by atoms with Crippen molar-refractivity contribution in [1.82, 2.24) is 0 Å². The summed E-state index contributed by atoms with van der Waals surface area (Å²) in [5, 5.41) is 12.1. The van der Waals surface area contributed by atoms with E-state index in [4.69, 9.17) is 9.47 Å². The second-order valence-corrected chi connectivity index (χ2v) is 5.38. The minimum atomic E-state index is -1.04. The molecule has 2 aromatic rings. The number of carboxylic acid groups (broad SMARTS) is 1. The van der Waals surface area contributed by atoms with E-state index in [2.05, 4.69) is 5.32 Å². The number of anilines is 1. The second kappa shape index (κ2) is 7.04. The molecule has 0 saturated heterocycles. The van der Waals surface area contributed by atoms with Gasteiger partial charge in [0.2, 0.25) is 5.91 Å². The van der Waals surface area contributed by atoms with E-state index < -0.39 is 17.8 Å². The van der Waals surface area contributed by atoms with Gasteiger partial charge in [-0.1, -0.05) is 36.4 Å². The first-order valence-electron chi connectivity index (χ1n) is 7.61. The van der Waals surface area contributed by atoms with Crippen molar-refractivity contribution in [2.45, 2.75) is 12.3 Å². The van der Waals surface area contributed by atoms with Gasteiger partial charge in [-0.3, -0.25) is 9.59 Å². The van der Waals surface area contributed by atoms with Crippen LogP contribution in [0.15, 0.2) is 48.5 Å². The Morgan fingerprint density at radius 3 is 2.54 bits per heavy atom. The largest absolute Gasteiger partial charge is 0.486 e. The van der Waals surface area contributed by atoms with Crippen molar-refractivity contribution in [1.29, 1.82) is 0 Å². The Bertz CT molecular complexity index is 744. The van der Waals surface area contributed by atoms with Crippen LogP contribution in [0.1, 0.15) is 17.9 Å². The van der Waals surface area contributed by atoms with E-state index in [1.54, 1.807) is 48.5 Å². The average Bonchev–Trinajstić information content (AvgIpc) is 2.60. The van der Waals surface area contributed by atoms with Crippen molar-refractivity contribution >= 4 is 17.6 Å². The maximum atomic E-state index is 12.3. The van der Waals surface area contributed by atoms with Crippen molar-refractivity contribution in [3.05, 3.63) is 54.1 Å². The fraction of sp³-hybridized carbons (Fsp3) is 0.222. The summed E-state index contributed by atoms with van der Waals surface area (Å²) in [5.74, 6) is -1.29. The van der Waals surface area contributed by atoms with Crippen molar-refractivity contribution in [3.63, 3.8) is 0 Å². The molecule has 124 valence electrons. The summed E-state index contributed by atoms with van der Waals surface area (Å²) in [7, 11) is 0. The Morgan fingerprint density at radius 1 is 1.04 bits per heavy atom. The van der Waals surface area contributed by atoms with E-state index in [9.17, 15) is 14.7 Å². The summed E-state index contributed by atoms with van der Waals surface area (Å²) in [6.07, 6.45) is -0.163. The fourth-order valence-corrected chi connectivity index (χ4v) is 2.59. The maximum Gasteiger partial charge on any atom is 0.311 e. The van der Waals surface area contributed by atoms with Crippen molar-refractivity contribution in [2.75, 3.05) is 18.5 Å². The zero-order chi connectivity index (χ0) is 16.9. The van der Waals surface area contributed by atoms with Gasteiger partial charge in [-0.05, 0) is 17.7 Å². The monoisotopic (exact) mass is 327 g/mol. The molecule has 1 heterocycles. The molecule has 0 bridgehead atoms. The third kappa shape index (κ3) is 3.48. The highest BCUT2D eigenvalue weighted by Gasteiger charge is 2.24. The average molecular weight is 327 g/mol. The van der Waals surface area contributed by atoms with Crippen LogP contribution in [0.25, 0.3) is 0 Å². The summed E-state index contributed by atoms with van der Waals surface area (Å²) >= 11 is 0. The van der Waals surface area contributed by atoms with Crippen molar-refractivity contribution in [3.8, 4) is 11.5 Å². The Morgan fingerprint density at radius 2 is 1.79 bits per heavy atom. The van der Waals surface area contributed by atoms with Gasteiger partial charge in [0.25, 0.3) is 0 Å². The lowest BCUT2D eigenvalue weighted by molar-refractivity contribution is -0.140. The molecule has 0 radical (unpaired) electrons. The maximum absolute atomic E-state index is 12.3. The number of para-hydroxylation sites is 1. The topological polar surface area (TPSA) is 84.9 Å².